The van der Waals surface area contributed by atoms with E-state index >= 15 is 0 Å². The Bertz CT molecular complexity index is 1160. The molecule has 0 amide bonds. The van der Waals surface area contributed by atoms with Crippen molar-refractivity contribution in [2.75, 3.05) is 19.0 Å². The molecule has 0 fully saturated rings. The lowest BCUT2D eigenvalue weighted by atomic mass is 10.2. The second-order valence-corrected chi connectivity index (χ2v) is 9.15. The highest BCUT2D eigenvalue weighted by molar-refractivity contribution is 7.89. The van der Waals surface area contributed by atoms with Crippen LogP contribution in [0.1, 0.15) is 30.6 Å². The predicted molar refractivity (Wildman–Crippen MR) is 110 cm³/mol. The number of anilines is 1. The number of aliphatic hydroxyl groups is 1. The summed E-state index contributed by atoms with van der Waals surface area (Å²) in [6, 6.07) is 5.16. The Morgan fingerprint density at radius 3 is 2.67 bits per heavy atom. The Labute approximate surface area is 174 Å². The minimum Gasteiger partial charge on any atom is -0.396 e. The third-order valence-electron chi connectivity index (χ3n) is 4.88. The first-order chi connectivity index (χ1) is 14.1. The molecule has 0 saturated heterocycles. The zero-order chi connectivity index (χ0) is 22.1. The fourth-order valence-electron chi connectivity index (χ4n) is 3.03. The van der Waals surface area contributed by atoms with Crippen LogP contribution in [0.2, 0.25) is 0 Å². The molecule has 3 rings (SSSR count). The van der Waals surface area contributed by atoms with E-state index in [0.29, 0.717) is 11.6 Å². The van der Waals surface area contributed by atoms with Gasteiger partial charge in [-0.25, -0.2) is 22.3 Å². The van der Waals surface area contributed by atoms with Gasteiger partial charge in [-0.15, -0.1) is 5.10 Å². The van der Waals surface area contributed by atoms with Gasteiger partial charge in [-0.3, -0.25) is 0 Å². The molecule has 0 spiro atoms. The molecule has 1 unspecified atom stereocenters. The van der Waals surface area contributed by atoms with Crippen LogP contribution in [0.5, 0.6) is 0 Å². The van der Waals surface area contributed by atoms with Crippen molar-refractivity contribution in [2.45, 2.75) is 44.7 Å². The monoisotopic (exact) mass is 436 g/mol. The SMILES string of the molecule is Cc1cc(C)n2nc(CNc3ccc(S(=O)(=O)N(C)C(C)CCO)cc3F)nc2n1. The van der Waals surface area contributed by atoms with Crippen LogP contribution in [0.25, 0.3) is 5.78 Å². The van der Waals surface area contributed by atoms with Crippen LogP contribution in [0.4, 0.5) is 10.1 Å². The van der Waals surface area contributed by atoms with Crippen LogP contribution < -0.4 is 5.32 Å². The summed E-state index contributed by atoms with van der Waals surface area (Å²) in [5, 5.41) is 16.3. The van der Waals surface area contributed by atoms with Gasteiger partial charge in [0.1, 0.15) is 5.82 Å². The highest BCUT2D eigenvalue weighted by Gasteiger charge is 2.26. The third-order valence-corrected chi connectivity index (χ3v) is 6.85. The van der Waals surface area contributed by atoms with E-state index in [4.69, 9.17) is 5.11 Å². The molecule has 162 valence electrons. The molecular weight excluding hydrogens is 411 g/mol. The molecule has 0 aliphatic rings. The Balaban J connectivity index is 1.77. The Morgan fingerprint density at radius 1 is 1.27 bits per heavy atom. The first kappa shape index (κ1) is 22.1. The standard InChI is InChI=1S/C19H25FN6O3S/c1-12-9-14(3)26-19(22-12)23-18(24-26)11-21-17-6-5-15(10-16(17)20)30(28,29)25(4)13(2)7-8-27/h5-6,9-10,13,21,27H,7-8,11H2,1-4H3. The van der Waals surface area contributed by atoms with E-state index in [1.54, 1.807) is 11.4 Å². The first-order valence-electron chi connectivity index (χ1n) is 9.45. The molecule has 0 radical (unpaired) electrons. The number of aryl methyl sites for hydroxylation is 2. The van der Waals surface area contributed by atoms with Gasteiger partial charge >= 0.3 is 0 Å². The number of fused-ring (bicyclic) bond motifs is 1. The van der Waals surface area contributed by atoms with Crippen molar-refractivity contribution in [1.82, 2.24) is 23.9 Å². The minimum absolute atomic E-state index is 0.135. The van der Waals surface area contributed by atoms with E-state index in [9.17, 15) is 12.8 Å². The van der Waals surface area contributed by atoms with Gasteiger partial charge in [-0.2, -0.15) is 9.29 Å². The Morgan fingerprint density at radius 2 is 2.00 bits per heavy atom. The Hall–Kier alpha value is -2.63. The number of nitrogens with zero attached hydrogens (tertiary/aromatic N) is 5. The lowest BCUT2D eigenvalue weighted by Gasteiger charge is -2.23. The molecule has 30 heavy (non-hydrogen) atoms. The highest BCUT2D eigenvalue weighted by Crippen LogP contribution is 2.23. The molecule has 0 aliphatic heterocycles. The summed E-state index contributed by atoms with van der Waals surface area (Å²) in [6.45, 7) is 5.46. The number of hydrogen-bond donors (Lipinski definition) is 2. The molecule has 2 N–H and O–H groups in total. The molecule has 3 aromatic rings. The van der Waals surface area contributed by atoms with E-state index in [0.717, 1.165) is 21.8 Å². The van der Waals surface area contributed by atoms with Crippen molar-refractivity contribution in [3.05, 3.63) is 47.3 Å². The normalized spacial score (nSPS) is 13.2. The topological polar surface area (TPSA) is 113 Å². The number of nitrogens with one attached hydrogen (secondary N) is 1. The maximum absolute atomic E-state index is 14.6. The van der Waals surface area contributed by atoms with Gasteiger partial charge in [0.05, 0.1) is 17.1 Å². The van der Waals surface area contributed by atoms with Crippen LogP contribution in [-0.2, 0) is 16.6 Å². The van der Waals surface area contributed by atoms with Crippen molar-refractivity contribution in [3.8, 4) is 0 Å². The second kappa shape index (κ2) is 8.62. The smallest absolute Gasteiger partial charge is 0.252 e. The molecule has 2 heterocycles. The predicted octanol–water partition coefficient (Wildman–Crippen LogP) is 1.88. The second-order valence-electron chi connectivity index (χ2n) is 7.16. The van der Waals surface area contributed by atoms with Crippen molar-refractivity contribution in [2.24, 2.45) is 0 Å². The van der Waals surface area contributed by atoms with Crippen molar-refractivity contribution in [1.29, 1.82) is 0 Å². The average molecular weight is 437 g/mol. The maximum atomic E-state index is 14.6. The lowest BCUT2D eigenvalue weighted by molar-refractivity contribution is 0.246. The van der Waals surface area contributed by atoms with E-state index in [1.807, 2.05) is 19.9 Å². The molecular formula is C19H25FN6O3S. The van der Waals surface area contributed by atoms with Crippen LogP contribution >= 0.6 is 0 Å². The minimum atomic E-state index is -3.87. The molecule has 0 saturated carbocycles. The van der Waals surface area contributed by atoms with Crippen LogP contribution in [-0.4, -0.2) is 57.1 Å². The number of aromatic nitrogens is 4. The zero-order valence-corrected chi connectivity index (χ0v) is 18.1. The van der Waals surface area contributed by atoms with E-state index in [2.05, 4.69) is 20.4 Å². The quantitative estimate of drug-likeness (QED) is 0.554. The number of sulfonamides is 1. The van der Waals surface area contributed by atoms with Crippen LogP contribution in [0, 0.1) is 19.7 Å². The van der Waals surface area contributed by atoms with E-state index in [1.165, 1.54) is 19.2 Å². The largest absolute Gasteiger partial charge is 0.396 e. The summed E-state index contributed by atoms with van der Waals surface area (Å²) in [5.41, 5.74) is 1.85. The molecule has 1 aromatic carbocycles. The van der Waals surface area contributed by atoms with E-state index in [-0.39, 0.29) is 30.2 Å². The Kier molecular flexibility index (Phi) is 6.34. The molecule has 0 aliphatic carbocycles. The summed E-state index contributed by atoms with van der Waals surface area (Å²) in [5.74, 6) is 0.198. The highest BCUT2D eigenvalue weighted by atomic mass is 32.2. The molecule has 1 atom stereocenters. The van der Waals surface area contributed by atoms with Gasteiger partial charge in [-0.05, 0) is 51.5 Å². The van der Waals surface area contributed by atoms with Gasteiger partial charge in [0.15, 0.2) is 5.82 Å². The number of aliphatic hydroxyl groups excluding tert-OH is 1. The van der Waals surface area contributed by atoms with Crippen LogP contribution in [0.3, 0.4) is 0 Å². The van der Waals surface area contributed by atoms with Crippen LogP contribution in [0.15, 0.2) is 29.2 Å². The summed E-state index contributed by atoms with van der Waals surface area (Å²) < 4.78 is 42.7. The van der Waals surface area contributed by atoms with Crippen molar-refractivity contribution >= 4 is 21.5 Å². The van der Waals surface area contributed by atoms with Gasteiger partial charge in [0.2, 0.25) is 10.0 Å². The number of hydrogen-bond acceptors (Lipinski definition) is 7. The first-order valence-corrected chi connectivity index (χ1v) is 10.9. The zero-order valence-electron chi connectivity index (χ0n) is 17.3. The molecule has 0 bridgehead atoms. The number of rotatable bonds is 8. The fourth-order valence-corrected chi connectivity index (χ4v) is 4.43. The number of halogens is 1. The maximum Gasteiger partial charge on any atom is 0.252 e. The van der Waals surface area contributed by atoms with E-state index < -0.39 is 21.9 Å². The molecule has 11 heteroatoms. The van der Waals surface area contributed by atoms with Crippen molar-refractivity contribution < 1.29 is 17.9 Å². The van der Waals surface area contributed by atoms with Gasteiger partial charge < -0.3 is 10.4 Å². The van der Waals surface area contributed by atoms with Crippen molar-refractivity contribution in [3.63, 3.8) is 0 Å². The molecule has 2 aromatic heterocycles. The summed E-state index contributed by atoms with van der Waals surface area (Å²) >= 11 is 0. The average Bonchev–Trinajstić information content (AvgIpc) is 3.09. The summed E-state index contributed by atoms with van der Waals surface area (Å²) in [6.07, 6.45) is 0.289. The summed E-state index contributed by atoms with van der Waals surface area (Å²) in [4.78, 5) is 8.49. The number of benzene rings is 1. The van der Waals surface area contributed by atoms with Gasteiger partial charge in [0.25, 0.3) is 5.78 Å². The molecule has 9 nitrogen and oxygen atoms in total. The lowest BCUT2D eigenvalue weighted by Crippen LogP contribution is -2.35. The third kappa shape index (κ3) is 4.42. The van der Waals surface area contributed by atoms with Gasteiger partial charge in [-0.1, -0.05) is 0 Å². The van der Waals surface area contributed by atoms with Gasteiger partial charge in [0, 0.05) is 31.1 Å². The fraction of sp³-hybridized carbons (Fsp3) is 0.421. The summed E-state index contributed by atoms with van der Waals surface area (Å²) in [7, 11) is -2.47.